The molecule has 3 aromatic heterocycles. The van der Waals surface area contributed by atoms with Gasteiger partial charge in [-0.1, -0.05) is 30.8 Å². The molecule has 2 N–H and O–H groups in total. The molecule has 0 radical (unpaired) electrons. The quantitative estimate of drug-likeness (QED) is 0.308. The van der Waals surface area contributed by atoms with Gasteiger partial charge < -0.3 is 19.9 Å². The highest BCUT2D eigenvalue weighted by Gasteiger charge is 2.25. The van der Waals surface area contributed by atoms with E-state index in [0.717, 1.165) is 57.6 Å². The van der Waals surface area contributed by atoms with Gasteiger partial charge in [-0.2, -0.15) is 0 Å². The Kier molecular flexibility index (Phi) is 6.03. The zero-order chi connectivity index (χ0) is 27.1. The Morgan fingerprint density at radius 1 is 0.974 bits per heavy atom. The standard InChI is InChI=1S/C30H27N7O2/c1-18-5-4-16-37(29(18)38)22-10-6-21(7-11-22)26-24(25-27(31)33-17-34-28(25)36(26)3)20-8-12-23(13-9-20)39-30-32-15-14-19(2)35-30/h6-15,17H,1,4-5,16H2,2-3H3,(H2,31,33,34). The molecule has 0 aliphatic carbocycles. The van der Waals surface area contributed by atoms with Crippen LogP contribution in [0.2, 0.25) is 0 Å². The van der Waals surface area contributed by atoms with Crippen molar-refractivity contribution in [3.05, 3.63) is 85.0 Å². The monoisotopic (exact) mass is 517 g/mol. The topological polar surface area (TPSA) is 112 Å². The molecule has 1 saturated heterocycles. The largest absolute Gasteiger partial charge is 0.424 e. The molecule has 39 heavy (non-hydrogen) atoms. The summed E-state index contributed by atoms with van der Waals surface area (Å²) in [5.74, 6) is 1.01. The van der Waals surface area contributed by atoms with Crippen molar-refractivity contribution >= 4 is 28.4 Å². The Hall–Kier alpha value is -5.05. The molecule has 0 bridgehead atoms. The van der Waals surface area contributed by atoms with Gasteiger partial charge in [-0.15, -0.1) is 0 Å². The number of hydrogen-bond acceptors (Lipinski definition) is 7. The van der Waals surface area contributed by atoms with Gasteiger partial charge >= 0.3 is 6.01 Å². The van der Waals surface area contributed by atoms with Crippen LogP contribution in [-0.2, 0) is 11.8 Å². The number of nitrogens with zero attached hydrogens (tertiary/aromatic N) is 6. The van der Waals surface area contributed by atoms with Crippen LogP contribution in [0.15, 0.2) is 79.3 Å². The maximum Gasteiger partial charge on any atom is 0.322 e. The summed E-state index contributed by atoms with van der Waals surface area (Å²) in [5, 5.41) is 0.775. The van der Waals surface area contributed by atoms with Crippen LogP contribution in [0.1, 0.15) is 18.5 Å². The van der Waals surface area contributed by atoms with Crippen molar-refractivity contribution in [2.45, 2.75) is 19.8 Å². The molecule has 0 spiro atoms. The molecule has 9 heteroatoms. The van der Waals surface area contributed by atoms with E-state index < -0.39 is 0 Å². The fraction of sp³-hybridized carbons (Fsp3) is 0.167. The number of aromatic nitrogens is 5. The van der Waals surface area contributed by atoms with Gasteiger partial charge in [0.05, 0.1) is 11.1 Å². The molecular formula is C30H27N7O2. The number of fused-ring (bicyclic) bond motifs is 1. The smallest absolute Gasteiger partial charge is 0.322 e. The van der Waals surface area contributed by atoms with Crippen LogP contribution >= 0.6 is 0 Å². The Balaban J connectivity index is 1.42. The lowest BCUT2D eigenvalue weighted by Crippen LogP contribution is -2.36. The van der Waals surface area contributed by atoms with E-state index >= 15 is 0 Å². The molecule has 1 fully saturated rings. The summed E-state index contributed by atoms with van der Waals surface area (Å²) in [4.78, 5) is 31.7. The van der Waals surface area contributed by atoms with Crippen LogP contribution in [0.4, 0.5) is 11.5 Å². The van der Waals surface area contributed by atoms with Gasteiger partial charge in [-0.3, -0.25) is 4.79 Å². The number of nitrogens with two attached hydrogens (primary N) is 1. The summed E-state index contributed by atoms with van der Waals surface area (Å²) in [6, 6.07) is 17.8. The molecule has 2 aromatic carbocycles. The van der Waals surface area contributed by atoms with Crippen LogP contribution < -0.4 is 15.4 Å². The highest BCUT2D eigenvalue weighted by atomic mass is 16.5. The van der Waals surface area contributed by atoms with Gasteiger partial charge in [0.1, 0.15) is 23.5 Å². The van der Waals surface area contributed by atoms with E-state index in [-0.39, 0.29) is 5.91 Å². The van der Waals surface area contributed by atoms with Crippen LogP contribution in [-0.4, -0.2) is 37.0 Å². The normalized spacial score (nSPS) is 13.7. The molecule has 0 unspecified atom stereocenters. The number of amides is 1. The van der Waals surface area contributed by atoms with E-state index in [9.17, 15) is 4.79 Å². The number of nitrogen functional groups attached to an aromatic ring is 1. The first-order chi connectivity index (χ1) is 18.9. The maximum atomic E-state index is 12.7. The summed E-state index contributed by atoms with van der Waals surface area (Å²) in [5.41, 5.74) is 13.2. The molecular weight excluding hydrogens is 490 g/mol. The summed E-state index contributed by atoms with van der Waals surface area (Å²) in [6.45, 7) is 6.50. The second kappa shape index (κ2) is 9.68. The summed E-state index contributed by atoms with van der Waals surface area (Å²) in [7, 11) is 1.96. The minimum atomic E-state index is -0.0132. The third-order valence-corrected chi connectivity index (χ3v) is 6.98. The van der Waals surface area contributed by atoms with Crippen molar-refractivity contribution in [1.29, 1.82) is 0 Å². The van der Waals surface area contributed by atoms with Crippen molar-refractivity contribution in [1.82, 2.24) is 24.5 Å². The van der Waals surface area contributed by atoms with Crippen molar-refractivity contribution in [2.24, 2.45) is 7.05 Å². The number of rotatable bonds is 5. The van der Waals surface area contributed by atoms with Crippen LogP contribution in [0.5, 0.6) is 11.8 Å². The van der Waals surface area contributed by atoms with Crippen LogP contribution in [0.25, 0.3) is 33.4 Å². The van der Waals surface area contributed by atoms with Crippen molar-refractivity contribution in [2.75, 3.05) is 17.2 Å². The average molecular weight is 518 g/mol. The molecule has 1 aliphatic heterocycles. The third kappa shape index (κ3) is 4.37. The van der Waals surface area contributed by atoms with Gasteiger partial charge in [-0.05, 0) is 61.2 Å². The lowest BCUT2D eigenvalue weighted by molar-refractivity contribution is -0.115. The number of piperidine rings is 1. The predicted molar refractivity (Wildman–Crippen MR) is 151 cm³/mol. The highest BCUT2D eigenvalue weighted by Crippen LogP contribution is 2.42. The second-order valence-corrected chi connectivity index (χ2v) is 9.56. The Bertz CT molecular complexity index is 1720. The number of carbonyl (C=O) groups is 1. The van der Waals surface area contributed by atoms with Crippen molar-refractivity contribution < 1.29 is 9.53 Å². The zero-order valence-electron chi connectivity index (χ0n) is 21.8. The van der Waals surface area contributed by atoms with Gasteiger partial charge in [0.2, 0.25) is 0 Å². The molecule has 194 valence electrons. The molecule has 0 saturated carbocycles. The van der Waals surface area contributed by atoms with Crippen LogP contribution in [0.3, 0.4) is 0 Å². The first kappa shape index (κ1) is 24.3. The second-order valence-electron chi connectivity index (χ2n) is 9.56. The predicted octanol–water partition coefficient (Wildman–Crippen LogP) is 5.46. The van der Waals surface area contributed by atoms with Crippen molar-refractivity contribution in [3.8, 4) is 34.1 Å². The van der Waals surface area contributed by atoms with E-state index in [1.165, 1.54) is 6.33 Å². The number of benzene rings is 2. The molecule has 1 aliphatic rings. The van der Waals surface area contributed by atoms with E-state index in [1.54, 1.807) is 11.1 Å². The first-order valence-corrected chi connectivity index (χ1v) is 12.7. The Morgan fingerprint density at radius 2 is 1.72 bits per heavy atom. The number of ether oxygens (including phenoxy) is 1. The van der Waals surface area contributed by atoms with Gasteiger partial charge in [0.15, 0.2) is 0 Å². The number of aryl methyl sites for hydroxylation is 2. The minimum absolute atomic E-state index is 0.0132. The molecule has 6 rings (SSSR count). The lowest BCUT2D eigenvalue weighted by atomic mass is 9.98. The maximum absolute atomic E-state index is 12.7. The van der Waals surface area contributed by atoms with Gasteiger partial charge in [0, 0.05) is 42.3 Å². The van der Waals surface area contributed by atoms with Gasteiger partial charge in [-0.25, -0.2) is 19.9 Å². The van der Waals surface area contributed by atoms with E-state index in [4.69, 9.17) is 10.5 Å². The summed E-state index contributed by atoms with van der Waals surface area (Å²) < 4.78 is 7.88. The van der Waals surface area contributed by atoms with Gasteiger partial charge in [0.25, 0.3) is 5.91 Å². The number of anilines is 2. The first-order valence-electron chi connectivity index (χ1n) is 12.7. The summed E-state index contributed by atoms with van der Waals surface area (Å²) in [6.07, 6.45) is 4.80. The van der Waals surface area contributed by atoms with Crippen molar-refractivity contribution in [3.63, 3.8) is 0 Å². The van der Waals surface area contributed by atoms with E-state index in [1.807, 2.05) is 73.1 Å². The molecule has 1 amide bonds. The molecule has 5 aromatic rings. The minimum Gasteiger partial charge on any atom is -0.424 e. The fourth-order valence-corrected chi connectivity index (χ4v) is 5.06. The SMILES string of the molecule is C=C1CCCN(c2ccc(-c3c(-c4ccc(Oc5nccc(C)n5)cc4)c4c(N)ncnc4n3C)cc2)C1=O. The number of hydrogen-bond donors (Lipinski definition) is 1. The molecule has 9 nitrogen and oxygen atoms in total. The average Bonchev–Trinajstić information content (AvgIpc) is 3.24. The van der Waals surface area contributed by atoms with E-state index in [0.29, 0.717) is 29.7 Å². The highest BCUT2D eigenvalue weighted by molar-refractivity contribution is 6.08. The lowest BCUT2D eigenvalue weighted by Gasteiger charge is -2.28. The summed E-state index contributed by atoms with van der Waals surface area (Å²) >= 11 is 0. The third-order valence-electron chi connectivity index (χ3n) is 6.98. The molecule has 0 atom stereocenters. The van der Waals surface area contributed by atoms with Crippen LogP contribution in [0, 0.1) is 6.92 Å². The zero-order valence-corrected chi connectivity index (χ0v) is 21.8. The molecule has 4 heterocycles. The number of carbonyl (C=O) groups excluding carboxylic acids is 1. The fourth-order valence-electron chi connectivity index (χ4n) is 5.06. The Labute approximate surface area is 225 Å². The van der Waals surface area contributed by atoms with E-state index in [2.05, 4.69) is 26.5 Å². The Morgan fingerprint density at radius 3 is 2.46 bits per heavy atom.